The third-order valence-electron chi connectivity index (χ3n) is 5.29. The van der Waals surface area contributed by atoms with Crippen LogP contribution in [0.5, 0.6) is 0 Å². The third-order valence-corrected chi connectivity index (χ3v) is 5.29. The lowest BCUT2D eigenvalue weighted by Crippen LogP contribution is -2.43. The predicted octanol–water partition coefficient (Wildman–Crippen LogP) is 3.08. The van der Waals surface area contributed by atoms with Crippen LogP contribution in [-0.4, -0.2) is 34.9 Å². The summed E-state index contributed by atoms with van der Waals surface area (Å²) in [6.07, 6.45) is 5.79. The van der Waals surface area contributed by atoms with Gasteiger partial charge >= 0.3 is 0 Å². The maximum absolute atomic E-state index is 13.1. The van der Waals surface area contributed by atoms with E-state index in [-0.39, 0.29) is 18.2 Å². The molecule has 3 aromatic rings. The van der Waals surface area contributed by atoms with Crippen molar-refractivity contribution in [2.24, 2.45) is 5.73 Å². The molecule has 1 aromatic carbocycles. The molecule has 4 rings (SSSR count). The van der Waals surface area contributed by atoms with Gasteiger partial charge in [0.2, 0.25) is 0 Å². The van der Waals surface area contributed by atoms with Gasteiger partial charge in [0, 0.05) is 54.8 Å². The topological polar surface area (TPSA) is 98.1 Å². The number of rotatable bonds is 5. The van der Waals surface area contributed by atoms with Crippen molar-refractivity contribution in [1.29, 1.82) is 0 Å². The maximum atomic E-state index is 13.1. The Hall–Kier alpha value is -3.25. The Morgan fingerprint density at radius 3 is 2.76 bits per heavy atom. The largest absolute Gasteiger partial charge is 0.397 e. The van der Waals surface area contributed by atoms with Crippen LogP contribution in [0, 0.1) is 0 Å². The average Bonchev–Trinajstić information content (AvgIpc) is 2.75. The van der Waals surface area contributed by atoms with E-state index in [1.807, 2.05) is 42.5 Å². The predicted molar refractivity (Wildman–Crippen MR) is 116 cm³/mol. The first-order valence-electron chi connectivity index (χ1n) is 9.90. The number of nitrogen functional groups attached to an aromatic ring is 1. The zero-order chi connectivity index (χ0) is 20.2. The van der Waals surface area contributed by atoms with Crippen LogP contribution in [0.25, 0.3) is 11.3 Å². The second-order valence-corrected chi connectivity index (χ2v) is 7.45. The molecule has 0 saturated carbocycles. The van der Waals surface area contributed by atoms with E-state index < -0.39 is 0 Å². The molecular weight excluding hydrogens is 362 g/mol. The molecule has 1 aliphatic rings. The van der Waals surface area contributed by atoms with Gasteiger partial charge in [-0.05, 0) is 31.0 Å². The molecule has 4 N–H and O–H groups in total. The number of Topliss-reactive ketones (excluding diaryl/α,β-unsaturated/α-hetero) is 1. The zero-order valence-corrected chi connectivity index (χ0v) is 16.3. The highest BCUT2D eigenvalue weighted by Crippen LogP contribution is 2.26. The standard InChI is InChI=1S/C23H25N5O/c24-18-7-4-12-28(15-18)21-10-11-26-14-17(21)13-22(29)23-19(25)8-9-20(27-23)16-5-2-1-3-6-16/h1-3,5-6,8-11,14,18H,4,7,12-13,15,24-25H2/t18-/m0/s1. The number of piperidine rings is 1. The van der Waals surface area contributed by atoms with Gasteiger partial charge in [0.05, 0.1) is 11.4 Å². The van der Waals surface area contributed by atoms with Gasteiger partial charge in [0.25, 0.3) is 0 Å². The first-order chi connectivity index (χ1) is 14.1. The summed E-state index contributed by atoms with van der Waals surface area (Å²) < 4.78 is 0. The molecule has 3 heterocycles. The lowest BCUT2D eigenvalue weighted by molar-refractivity contribution is 0.0989. The lowest BCUT2D eigenvalue weighted by Gasteiger charge is -2.33. The molecule has 6 nitrogen and oxygen atoms in total. The summed E-state index contributed by atoms with van der Waals surface area (Å²) in [5.74, 6) is -0.115. The van der Waals surface area contributed by atoms with Gasteiger partial charge in [0.1, 0.15) is 5.69 Å². The summed E-state index contributed by atoms with van der Waals surface area (Å²) >= 11 is 0. The highest BCUT2D eigenvalue weighted by Gasteiger charge is 2.21. The monoisotopic (exact) mass is 387 g/mol. The molecule has 0 bridgehead atoms. The Bertz CT molecular complexity index is 1010. The SMILES string of the molecule is Nc1ccc(-c2ccccc2)nc1C(=O)Cc1cnccc1N1CCC[C@H](N)C1. The number of nitrogens with two attached hydrogens (primary N) is 2. The van der Waals surface area contributed by atoms with Crippen LogP contribution in [0.1, 0.15) is 28.9 Å². The van der Waals surface area contributed by atoms with E-state index in [0.29, 0.717) is 11.4 Å². The Kier molecular flexibility index (Phi) is 5.53. The number of carbonyl (C=O) groups excluding carboxylic acids is 1. The van der Waals surface area contributed by atoms with Crippen LogP contribution in [0.4, 0.5) is 11.4 Å². The summed E-state index contributed by atoms with van der Waals surface area (Å²) in [5.41, 5.74) is 16.5. The van der Waals surface area contributed by atoms with Crippen molar-refractivity contribution in [3.05, 3.63) is 72.2 Å². The van der Waals surface area contributed by atoms with Crippen LogP contribution in [-0.2, 0) is 6.42 Å². The number of benzene rings is 1. The average molecular weight is 387 g/mol. The molecular formula is C23H25N5O. The van der Waals surface area contributed by atoms with Gasteiger partial charge in [-0.2, -0.15) is 0 Å². The molecule has 0 radical (unpaired) electrons. The Labute approximate surface area is 170 Å². The number of ketones is 1. The fourth-order valence-corrected chi connectivity index (χ4v) is 3.81. The Balaban J connectivity index is 1.61. The van der Waals surface area contributed by atoms with Gasteiger partial charge in [-0.1, -0.05) is 30.3 Å². The van der Waals surface area contributed by atoms with Gasteiger partial charge in [0.15, 0.2) is 5.78 Å². The fourth-order valence-electron chi connectivity index (χ4n) is 3.81. The molecule has 148 valence electrons. The minimum absolute atomic E-state index is 0.115. The number of hydrogen-bond donors (Lipinski definition) is 2. The summed E-state index contributed by atoms with van der Waals surface area (Å²) in [4.78, 5) is 24.1. The molecule has 2 aromatic heterocycles. The fraction of sp³-hybridized carbons (Fsp3) is 0.261. The molecule has 0 aliphatic carbocycles. The first-order valence-corrected chi connectivity index (χ1v) is 9.90. The number of anilines is 2. The molecule has 0 unspecified atom stereocenters. The van der Waals surface area contributed by atoms with Gasteiger partial charge < -0.3 is 16.4 Å². The molecule has 1 atom stereocenters. The van der Waals surface area contributed by atoms with E-state index in [0.717, 1.165) is 48.4 Å². The molecule has 0 spiro atoms. The van der Waals surface area contributed by atoms with Crippen molar-refractivity contribution in [1.82, 2.24) is 9.97 Å². The smallest absolute Gasteiger partial charge is 0.187 e. The minimum atomic E-state index is -0.115. The van der Waals surface area contributed by atoms with Crippen molar-refractivity contribution >= 4 is 17.2 Å². The minimum Gasteiger partial charge on any atom is -0.397 e. The van der Waals surface area contributed by atoms with E-state index in [4.69, 9.17) is 11.5 Å². The van der Waals surface area contributed by atoms with Gasteiger partial charge in [-0.25, -0.2) is 4.98 Å². The molecule has 1 fully saturated rings. The van der Waals surface area contributed by atoms with Crippen molar-refractivity contribution in [3.8, 4) is 11.3 Å². The molecule has 0 amide bonds. The second kappa shape index (κ2) is 8.41. The van der Waals surface area contributed by atoms with Crippen molar-refractivity contribution in [3.63, 3.8) is 0 Å². The van der Waals surface area contributed by atoms with E-state index in [2.05, 4.69) is 14.9 Å². The van der Waals surface area contributed by atoms with Crippen LogP contribution in [0.3, 0.4) is 0 Å². The maximum Gasteiger partial charge on any atom is 0.187 e. The summed E-state index contributed by atoms with van der Waals surface area (Å²) in [6.45, 7) is 1.72. The third kappa shape index (κ3) is 4.27. The second-order valence-electron chi connectivity index (χ2n) is 7.45. The normalized spacial score (nSPS) is 16.6. The number of carbonyl (C=O) groups is 1. The number of nitrogens with zero attached hydrogens (tertiary/aromatic N) is 3. The highest BCUT2D eigenvalue weighted by atomic mass is 16.1. The summed E-state index contributed by atoms with van der Waals surface area (Å²) in [5, 5.41) is 0. The van der Waals surface area contributed by atoms with E-state index in [1.165, 1.54) is 0 Å². The first kappa shape index (κ1) is 19.1. The molecule has 1 saturated heterocycles. The van der Waals surface area contributed by atoms with E-state index in [1.54, 1.807) is 18.5 Å². The van der Waals surface area contributed by atoms with E-state index in [9.17, 15) is 4.79 Å². The van der Waals surface area contributed by atoms with Crippen LogP contribution >= 0.6 is 0 Å². The highest BCUT2D eigenvalue weighted by molar-refractivity contribution is 6.01. The Morgan fingerprint density at radius 2 is 1.97 bits per heavy atom. The molecule has 1 aliphatic heterocycles. The van der Waals surface area contributed by atoms with Crippen LogP contribution in [0.2, 0.25) is 0 Å². The van der Waals surface area contributed by atoms with Crippen molar-refractivity contribution in [2.75, 3.05) is 23.7 Å². The molecule has 6 heteroatoms. The van der Waals surface area contributed by atoms with E-state index >= 15 is 0 Å². The lowest BCUT2D eigenvalue weighted by atomic mass is 10.0. The van der Waals surface area contributed by atoms with Gasteiger partial charge in [-0.15, -0.1) is 0 Å². The van der Waals surface area contributed by atoms with Crippen LogP contribution < -0.4 is 16.4 Å². The van der Waals surface area contributed by atoms with Crippen LogP contribution in [0.15, 0.2) is 60.9 Å². The van der Waals surface area contributed by atoms with Gasteiger partial charge in [-0.3, -0.25) is 9.78 Å². The summed E-state index contributed by atoms with van der Waals surface area (Å²) in [7, 11) is 0. The number of aromatic nitrogens is 2. The molecule has 29 heavy (non-hydrogen) atoms. The number of pyridine rings is 2. The Morgan fingerprint density at radius 1 is 1.14 bits per heavy atom. The zero-order valence-electron chi connectivity index (χ0n) is 16.3. The number of hydrogen-bond acceptors (Lipinski definition) is 6. The van der Waals surface area contributed by atoms with Crippen molar-refractivity contribution < 1.29 is 4.79 Å². The summed E-state index contributed by atoms with van der Waals surface area (Å²) in [6, 6.07) is 15.5. The quantitative estimate of drug-likeness (QED) is 0.653. The van der Waals surface area contributed by atoms with Crippen molar-refractivity contribution in [2.45, 2.75) is 25.3 Å².